The molecule has 2 aromatic rings. The van der Waals surface area contributed by atoms with Gasteiger partial charge < -0.3 is 9.64 Å². The molecule has 0 aliphatic carbocycles. The zero-order valence-corrected chi connectivity index (χ0v) is 14.0. The van der Waals surface area contributed by atoms with Gasteiger partial charge in [0, 0.05) is 31.6 Å². The van der Waals surface area contributed by atoms with Crippen molar-refractivity contribution in [3.05, 3.63) is 41.7 Å². The summed E-state index contributed by atoms with van der Waals surface area (Å²) in [6.07, 6.45) is 7.05. The van der Waals surface area contributed by atoms with E-state index in [1.165, 1.54) is 6.33 Å². The Labute approximate surface area is 141 Å². The largest absolute Gasteiger partial charge is 0.489 e. The summed E-state index contributed by atoms with van der Waals surface area (Å²) in [5.41, 5.74) is 1.86. The monoisotopic (exact) mass is 326 g/mol. The van der Waals surface area contributed by atoms with E-state index in [0.29, 0.717) is 11.7 Å². The zero-order chi connectivity index (χ0) is 16.9. The molecule has 0 aromatic carbocycles. The SMILES string of the molecule is C/C(=C/c1ncn[nH]1)C(=N)N1CCC(Oc2ccc(C)nc2)CC1. The van der Waals surface area contributed by atoms with Crippen molar-refractivity contribution in [1.82, 2.24) is 25.1 Å². The van der Waals surface area contributed by atoms with E-state index < -0.39 is 0 Å². The van der Waals surface area contributed by atoms with Gasteiger partial charge in [-0.15, -0.1) is 0 Å². The molecule has 126 valence electrons. The number of amidine groups is 1. The maximum atomic E-state index is 8.35. The normalized spacial score (nSPS) is 16.2. The number of likely N-dealkylation sites (tertiary alicyclic amines) is 1. The van der Waals surface area contributed by atoms with Crippen LogP contribution >= 0.6 is 0 Å². The highest BCUT2D eigenvalue weighted by molar-refractivity contribution is 5.99. The van der Waals surface area contributed by atoms with E-state index in [0.717, 1.165) is 42.9 Å². The lowest BCUT2D eigenvalue weighted by molar-refractivity contribution is 0.130. The molecule has 2 aromatic heterocycles. The third-order valence-corrected chi connectivity index (χ3v) is 4.11. The fourth-order valence-electron chi connectivity index (χ4n) is 2.72. The molecule has 1 aliphatic heterocycles. The van der Waals surface area contributed by atoms with Crippen LogP contribution in [0.25, 0.3) is 6.08 Å². The van der Waals surface area contributed by atoms with E-state index in [1.54, 1.807) is 6.20 Å². The number of nitrogens with zero attached hydrogens (tertiary/aromatic N) is 4. The maximum absolute atomic E-state index is 8.35. The van der Waals surface area contributed by atoms with E-state index in [9.17, 15) is 0 Å². The third kappa shape index (κ3) is 3.98. The van der Waals surface area contributed by atoms with Crippen molar-refractivity contribution in [3.8, 4) is 5.75 Å². The molecular weight excluding hydrogens is 304 g/mol. The van der Waals surface area contributed by atoms with E-state index in [1.807, 2.05) is 32.1 Å². The number of rotatable bonds is 4. The third-order valence-electron chi connectivity index (χ3n) is 4.11. The van der Waals surface area contributed by atoms with Gasteiger partial charge in [-0.05, 0) is 37.6 Å². The second kappa shape index (κ2) is 7.25. The number of hydrogen-bond acceptors (Lipinski definition) is 5. The van der Waals surface area contributed by atoms with Gasteiger partial charge >= 0.3 is 0 Å². The predicted molar refractivity (Wildman–Crippen MR) is 92.0 cm³/mol. The Kier molecular flexibility index (Phi) is 4.88. The minimum absolute atomic E-state index is 0.178. The van der Waals surface area contributed by atoms with Crippen LogP contribution in [0.4, 0.5) is 0 Å². The van der Waals surface area contributed by atoms with Crippen LogP contribution in [0.1, 0.15) is 31.3 Å². The Bertz CT molecular complexity index is 699. The first-order valence-electron chi connectivity index (χ1n) is 8.08. The van der Waals surface area contributed by atoms with Gasteiger partial charge in [-0.2, -0.15) is 5.10 Å². The number of H-pyrrole nitrogens is 1. The number of aromatic amines is 1. The first kappa shape index (κ1) is 16.2. The molecule has 3 rings (SSSR count). The van der Waals surface area contributed by atoms with Crippen LogP contribution in [-0.4, -0.2) is 50.1 Å². The Hall–Kier alpha value is -2.70. The quantitative estimate of drug-likeness (QED) is 0.665. The number of aryl methyl sites for hydroxylation is 1. The van der Waals surface area contributed by atoms with Crippen LogP contribution in [-0.2, 0) is 0 Å². The molecule has 0 saturated carbocycles. The number of nitrogens with one attached hydrogen (secondary N) is 2. The fourth-order valence-corrected chi connectivity index (χ4v) is 2.72. The lowest BCUT2D eigenvalue weighted by atomic mass is 10.1. The van der Waals surface area contributed by atoms with Crippen molar-refractivity contribution < 1.29 is 4.74 Å². The summed E-state index contributed by atoms with van der Waals surface area (Å²) in [6.45, 7) is 5.50. The minimum Gasteiger partial charge on any atom is -0.489 e. The molecule has 0 amide bonds. The first-order valence-corrected chi connectivity index (χ1v) is 8.08. The highest BCUT2D eigenvalue weighted by Crippen LogP contribution is 2.20. The molecule has 7 heteroatoms. The average molecular weight is 326 g/mol. The van der Waals surface area contributed by atoms with Crippen molar-refractivity contribution in [1.29, 1.82) is 5.41 Å². The molecule has 1 saturated heterocycles. The van der Waals surface area contributed by atoms with Crippen LogP contribution in [0.15, 0.2) is 30.2 Å². The van der Waals surface area contributed by atoms with Crippen molar-refractivity contribution in [2.45, 2.75) is 32.8 Å². The van der Waals surface area contributed by atoms with Gasteiger partial charge in [0.1, 0.15) is 29.8 Å². The number of piperidine rings is 1. The summed E-state index contributed by atoms with van der Waals surface area (Å²) in [4.78, 5) is 10.4. The lowest BCUT2D eigenvalue weighted by Crippen LogP contribution is -2.41. The molecule has 2 N–H and O–H groups in total. The molecule has 24 heavy (non-hydrogen) atoms. The predicted octanol–water partition coefficient (Wildman–Crippen LogP) is 2.43. The van der Waals surface area contributed by atoms with Crippen LogP contribution in [0.3, 0.4) is 0 Å². The van der Waals surface area contributed by atoms with E-state index in [4.69, 9.17) is 10.1 Å². The van der Waals surface area contributed by atoms with E-state index in [-0.39, 0.29) is 6.10 Å². The van der Waals surface area contributed by atoms with Crippen LogP contribution < -0.4 is 4.74 Å². The molecule has 0 radical (unpaired) electrons. The van der Waals surface area contributed by atoms with Gasteiger partial charge in [-0.1, -0.05) is 0 Å². The lowest BCUT2D eigenvalue weighted by Gasteiger charge is -2.34. The zero-order valence-electron chi connectivity index (χ0n) is 14.0. The number of ether oxygens (including phenoxy) is 1. The Morgan fingerprint density at radius 1 is 1.33 bits per heavy atom. The summed E-state index contributed by atoms with van der Waals surface area (Å²) < 4.78 is 5.99. The number of hydrogen-bond donors (Lipinski definition) is 2. The molecule has 0 atom stereocenters. The molecule has 0 bridgehead atoms. The van der Waals surface area contributed by atoms with Gasteiger partial charge in [0.05, 0.1) is 6.20 Å². The van der Waals surface area contributed by atoms with Gasteiger partial charge in [-0.3, -0.25) is 15.5 Å². The van der Waals surface area contributed by atoms with E-state index >= 15 is 0 Å². The van der Waals surface area contributed by atoms with Crippen LogP contribution in [0.2, 0.25) is 0 Å². The average Bonchev–Trinajstić information content (AvgIpc) is 3.10. The second-order valence-corrected chi connectivity index (χ2v) is 5.99. The molecule has 0 spiro atoms. The number of pyridine rings is 1. The van der Waals surface area contributed by atoms with Crippen LogP contribution in [0.5, 0.6) is 5.75 Å². The molecule has 1 aliphatic rings. The molecule has 7 nitrogen and oxygen atoms in total. The maximum Gasteiger partial charge on any atom is 0.148 e. The van der Waals surface area contributed by atoms with Crippen molar-refractivity contribution in [2.24, 2.45) is 0 Å². The fraction of sp³-hybridized carbons (Fsp3) is 0.412. The summed E-state index contributed by atoms with van der Waals surface area (Å²) in [7, 11) is 0. The molecule has 3 heterocycles. The molecular formula is C17H22N6O. The topological polar surface area (TPSA) is 90.8 Å². The molecule has 1 fully saturated rings. The summed E-state index contributed by atoms with van der Waals surface area (Å²) in [6, 6.07) is 3.92. The van der Waals surface area contributed by atoms with Crippen molar-refractivity contribution in [3.63, 3.8) is 0 Å². The summed E-state index contributed by atoms with van der Waals surface area (Å²) >= 11 is 0. The van der Waals surface area contributed by atoms with E-state index in [2.05, 4.69) is 25.1 Å². The van der Waals surface area contributed by atoms with Crippen molar-refractivity contribution >= 4 is 11.9 Å². The standard InChI is InChI=1S/C17H22N6O/c1-12(9-16-20-11-21-22-16)17(18)23-7-5-14(6-8-23)24-15-4-3-13(2)19-10-15/h3-4,9-11,14,18H,5-8H2,1-2H3,(H,20,21,22)/b12-9-,18-17?. The highest BCUT2D eigenvalue weighted by atomic mass is 16.5. The smallest absolute Gasteiger partial charge is 0.148 e. The Balaban J connectivity index is 1.53. The minimum atomic E-state index is 0.178. The highest BCUT2D eigenvalue weighted by Gasteiger charge is 2.23. The summed E-state index contributed by atoms with van der Waals surface area (Å²) in [5.74, 6) is 2.01. The summed E-state index contributed by atoms with van der Waals surface area (Å²) in [5, 5.41) is 14.9. The number of aromatic nitrogens is 4. The Morgan fingerprint density at radius 2 is 2.12 bits per heavy atom. The second-order valence-electron chi connectivity index (χ2n) is 5.99. The van der Waals surface area contributed by atoms with Crippen LogP contribution in [0, 0.1) is 12.3 Å². The first-order chi connectivity index (χ1) is 11.6. The van der Waals surface area contributed by atoms with Gasteiger partial charge in [-0.25, -0.2) is 4.98 Å². The Morgan fingerprint density at radius 3 is 2.75 bits per heavy atom. The molecule has 0 unspecified atom stereocenters. The van der Waals surface area contributed by atoms with Gasteiger partial charge in [0.25, 0.3) is 0 Å². The van der Waals surface area contributed by atoms with Gasteiger partial charge in [0.2, 0.25) is 0 Å². The van der Waals surface area contributed by atoms with Crippen molar-refractivity contribution in [2.75, 3.05) is 13.1 Å². The van der Waals surface area contributed by atoms with Gasteiger partial charge in [0.15, 0.2) is 0 Å².